The zero-order chi connectivity index (χ0) is 12.3. The Balaban J connectivity index is 2.23. The van der Waals surface area contributed by atoms with E-state index in [-0.39, 0.29) is 0 Å². The lowest BCUT2D eigenvalue weighted by atomic mass is 10.3. The van der Waals surface area contributed by atoms with Gasteiger partial charge in [0.05, 0.1) is 11.0 Å². The standard InChI is InChI=1S/C12H12Br2N2S/c1-2-16(8-10-4-3-5-17-10)12-11(14)6-9(13)7-15-12/h3-7H,2,8H2,1H3. The molecule has 0 saturated carbocycles. The van der Waals surface area contributed by atoms with Crippen LogP contribution in [0.5, 0.6) is 0 Å². The van der Waals surface area contributed by atoms with Crippen molar-refractivity contribution in [2.45, 2.75) is 13.5 Å². The fraction of sp³-hybridized carbons (Fsp3) is 0.250. The zero-order valence-corrected chi connectivity index (χ0v) is 13.3. The molecule has 2 rings (SSSR count). The summed E-state index contributed by atoms with van der Waals surface area (Å²) in [5.74, 6) is 0.990. The van der Waals surface area contributed by atoms with Crippen LogP contribution in [0.4, 0.5) is 5.82 Å². The van der Waals surface area contributed by atoms with Gasteiger partial charge in [0.2, 0.25) is 0 Å². The highest BCUT2D eigenvalue weighted by Crippen LogP contribution is 2.28. The van der Waals surface area contributed by atoms with Crippen LogP contribution in [-0.4, -0.2) is 11.5 Å². The number of hydrogen-bond donors (Lipinski definition) is 0. The molecule has 2 aromatic rings. The van der Waals surface area contributed by atoms with E-state index < -0.39 is 0 Å². The van der Waals surface area contributed by atoms with Crippen LogP contribution in [0.15, 0.2) is 38.7 Å². The van der Waals surface area contributed by atoms with Crippen molar-refractivity contribution in [1.82, 2.24) is 4.98 Å². The number of thiophene rings is 1. The van der Waals surface area contributed by atoms with Gasteiger partial charge >= 0.3 is 0 Å². The topological polar surface area (TPSA) is 16.1 Å². The molecule has 0 aromatic carbocycles. The minimum Gasteiger partial charge on any atom is -0.351 e. The first-order valence-corrected chi connectivity index (χ1v) is 7.75. The fourth-order valence-corrected chi connectivity index (χ4v) is 3.52. The molecule has 0 aliphatic rings. The predicted molar refractivity (Wildman–Crippen MR) is 80.7 cm³/mol. The van der Waals surface area contributed by atoms with Gasteiger partial charge in [0.25, 0.3) is 0 Å². The molecule has 0 N–H and O–H groups in total. The van der Waals surface area contributed by atoms with Crippen LogP contribution in [0, 0.1) is 0 Å². The highest BCUT2D eigenvalue weighted by molar-refractivity contribution is 9.11. The van der Waals surface area contributed by atoms with Crippen molar-refractivity contribution in [3.05, 3.63) is 43.6 Å². The lowest BCUT2D eigenvalue weighted by Gasteiger charge is -2.22. The summed E-state index contributed by atoms with van der Waals surface area (Å²) < 4.78 is 2.01. The average Bonchev–Trinajstić information content (AvgIpc) is 2.79. The Morgan fingerprint density at radius 1 is 1.41 bits per heavy atom. The molecular weight excluding hydrogens is 364 g/mol. The molecule has 0 unspecified atom stereocenters. The maximum atomic E-state index is 4.47. The first-order chi connectivity index (χ1) is 8.20. The van der Waals surface area contributed by atoms with Crippen LogP contribution in [0.2, 0.25) is 0 Å². The summed E-state index contributed by atoms with van der Waals surface area (Å²) >= 11 is 8.76. The first-order valence-electron chi connectivity index (χ1n) is 5.29. The molecule has 2 nitrogen and oxygen atoms in total. The molecule has 0 atom stereocenters. The molecule has 0 saturated heterocycles. The van der Waals surface area contributed by atoms with Crippen LogP contribution in [0.25, 0.3) is 0 Å². The van der Waals surface area contributed by atoms with Crippen LogP contribution >= 0.6 is 43.2 Å². The number of halogens is 2. The third kappa shape index (κ3) is 3.30. The summed E-state index contributed by atoms with van der Waals surface area (Å²) in [4.78, 5) is 8.07. The summed E-state index contributed by atoms with van der Waals surface area (Å²) in [6, 6.07) is 6.26. The molecule has 90 valence electrons. The Bertz CT molecular complexity index is 485. The van der Waals surface area contributed by atoms with Crippen molar-refractivity contribution in [3.8, 4) is 0 Å². The number of nitrogens with zero attached hydrogens (tertiary/aromatic N) is 2. The van der Waals surface area contributed by atoms with Gasteiger partial charge in [0.15, 0.2) is 0 Å². The molecule has 2 heterocycles. The molecule has 2 aromatic heterocycles. The van der Waals surface area contributed by atoms with Crippen LogP contribution in [0.1, 0.15) is 11.8 Å². The molecule has 0 fully saturated rings. The number of anilines is 1. The van der Waals surface area contributed by atoms with E-state index in [2.05, 4.69) is 66.2 Å². The third-order valence-corrected chi connectivity index (χ3v) is 4.27. The molecule has 0 aliphatic heterocycles. The molecule has 0 aliphatic carbocycles. The van der Waals surface area contributed by atoms with E-state index in [0.717, 1.165) is 27.9 Å². The summed E-state index contributed by atoms with van der Waals surface area (Å²) in [7, 11) is 0. The Hall–Kier alpha value is -0.390. The molecule has 17 heavy (non-hydrogen) atoms. The van der Waals surface area contributed by atoms with Gasteiger partial charge in [0.1, 0.15) is 5.82 Å². The summed E-state index contributed by atoms with van der Waals surface area (Å²) in [5, 5.41) is 2.10. The number of aromatic nitrogens is 1. The van der Waals surface area contributed by atoms with Gasteiger partial charge in [-0.1, -0.05) is 6.07 Å². The van der Waals surface area contributed by atoms with Gasteiger partial charge in [-0.25, -0.2) is 4.98 Å². The lowest BCUT2D eigenvalue weighted by molar-refractivity contribution is 0.820. The molecule has 5 heteroatoms. The number of pyridine rings is 1. The number of rotatable bonds is 4. The maximum absolute atomic E-state index is 4.47. The Kier molecular flexibility index (Phi) is 4.59. The Morgan fingerprint density at radius 3 is 2.82 bits per heavy atom. The van der Waals surface area contributed by atoms with Crippen molar-refractivity contribution < 1.29 is 0 Å². The highest BCUT2D eigenvalue weighted by atomic mass is 79.9. The van der Waals surface area contributed by atoms with E-state index in [0.29, 0.717) is 0 Å². The first kappa shape index (κ1) is 13.1. The normalized spacial score (nSPS) is 10.5. The quantitative estimate of drug-likeness (QED) is 0.770. The van der Waals surface area contributed by atoms with Crippen molar-refractivity contribution in [2.24, 2.45) is 0 Å². The van der Waals surface area contributed by atoms with Crippen molar-refractivity contribution in [3.63, 3.8) is 0 Å². The molecule has 0 bridgehead atoms. The highest BCUT2D eigenvalue weighted by Gasteiger charge is 2.11. The van der Waals surface area contributed by atoms with E-state index in [1.807, 2.05) is 12.3 Å². The van der Waals surface area contributed by atoms with E-state index in [1.165, 1.54) is 4.88 Å². The lowest BCUT2D eigenvalue weighted by Crippen LogP contribution is -2.22. The summed E-state index contributed by atoms with van der Waals surface area (Å²) in [6.07, 6.45) is 1.83. The second kappa shape index (κ2) is 5.98. The van der Waals surface area contributed by atoms with Crippen LogP contribution < -0.4 is 4.90 Å². The van der Waals surface area contributed by atoms with Gasteiger partial charge in [-0.05, 0) is 56.3 Å². The zero-order valence-electron chi connectivity index (χ0n) is 9.36. The van der Waals surface area contributed by atoms with Crippen molar-refractivity contribution in [2.75, 3.05) is 11.4 Å². The van der Waals surface area contributed by atoms with Gasteiger partial charge in [-0.15, -0.1) is 11.3 Å². The Morgan fingerprint density at radius 2 is 2.24 bits per heavy atom. The van der Waals surface area contributed by atoms with Crippen molar-refractivity contribution in [1.29, 1.82) is 0 Å². The largest absolute Gasteiger partial charge is 0.351 e. The van der Waals surface area contributed by atoms with Crippen LogP contribution in [-0.2, 0) is 6.54 Å². The Labute approximate surface area is 122 Å². The maximum Gasteiger partial charge on any atom is 0.143 e. The smallest absolute Gasteiger partial charge is 0.143 e. The molecule has 0 spiro atoms. The van der Waals surface area contributed by atoms with E-state index in [1.54, 1.807) is 11.3 Å². The molecule has 0 radical (unpaired) electrons. The minimum absolute atomic E-state index is 0.904. The van der Waals surface area contributed by atoms with E-state index >= 15 is 0 Å². The number of hydrogen-bond acceptors (Lipinski definition) is 3. The monoisotopic (exact) mass is 374 g/mol. The third-order valence-electron chi connectivity index (χ3n) is 2.40. The second-order valence-corrected chi connectivity index (χ2v) is 6.35. The minimum atomic E-state index is 0.904. The van der Waals surface area contributed by atoms with Crippen LogP contribution in [0.3, 0.4) is 0 Å². The van der Waals surface area contributed by atoms with Crippen molar-refractivity contribution >= 4 is 49.0 Å². The fourth-order valence-electron chi connectivity index (χ4n) is 1.57. The molecular formula is C12H12Br2N2S. The van der Waals surface area contributed by atoms with Gasteiger partial charge in [-0.2, -0.15) is 0 Å². The van der Waals surface area contributed by atoms with E-state index in [4.69, 9.17) is 0 Å². The van der Waals surface area contributed by atoms with Gasteiger partial charge in [0, 0.05) is 22.1 Å². The summed E-state index contributed by atoms with van der Waals surface area (Å²) in [5.41, 5.74) is 0. The van der Waals surface area contributed by atoms with E-state index in [9.17, 15) is 0 Å². The molecule has 0 amide bonds. The summed E-state index contributed by atoms with van der Waals surface area (Å²) in [6.45, 7) is 3.98. The average molecular weight is 376 g/mol. The van der Waals surface area contributed by atoms with Gasteiger partial charge in [-0.3, -0.25) is 0 Å². The predicted octanol–water partition coefficient (Wildman–Crippen LogP) is 4.69. The SMILES string of the molecule is CCN(Cc1cccs1)c1ncc(Br)cc1Br. The second-order valence-electron chi connectivity index (χ2n) is 3.55. The van der Waals surface area contributed by atoms with Gasteiger partial charge < -0.3 is 4.90 Å².